The Balaban J connectivity index is 1.57. The zero-order valence-corrected chi connectivity index (χ0v) is 13.7. The molecule has 0 bridgehead atoms. The number of carbonyl (C=O) groups is 1. The van der Waals surface area contributed by atoms with Crippen LogP contribution in [0.3, 0.4) is 0 Å². The smallest absolute Gasteiger partial charge is 0.225 e. The number of hydrogen-bond donors (Lipinski definition) is 0. The van der Waals surface area contributed by atoms with Crippen LogP contribution in [0.15, 0.2) is 0 Å². The summed E-state index contributed by atoms with van der Waals surface area (Å²) in [5, 5.41) is 0. The third-order valence-corrected chi connectivity index (χ3v) is 5.94. The lowest BCUT2D eigenvalue weighted by atomic mass is 9.66. The first-order valence-corrected chi connectivity index (χ1v) is 8.68. The third-order valence-electron chi connectivity index (χ3n) is 5.94. The zero-order chi connectivity index (χ0) is 15.4. The van der Waals surface area contributed by atoms with Crippen molar-refractivity contribution in [3.63, 3.8) is 0 Å². The minimum Gasteiger partial charge on any atom is -0.384 e. The van der Waals surface area contributed by atoms with Crippen LogP contribution in [-0.2, 0) is 19.0 Å². The van der Waals surface area contributed by atoms with E-state index < -0.39 is 0 Å². The molecule has 3 rings (SSSR count). The van der Waals surface area contributed by atoms with Crippen molar-refractivity contribution in [2.75, 3.05) is 53.2 Å². The second kappa shape index (κ2) is 7.28. The van der Waals surface area contributed by atoms with Crippen LogP contribution in [0.2, 0.25) is 0 Å². The van der Waals surface area contributed by atoms with Gasteiger partial charge in [0.25, 0.3) is 0 Å². The van der Waals surface area contributed by atoms with Gasteiger partial charge < -0.3 is 19.1 Å². The van der Waals surface area contributed by atoms with E-state index in [1.54, 1.807) is 7.11 Å². The Hall–Kier alpha value is -0.650. The Morgan fingerprint density at radius 3 is 2.55 bits per heavy atom. The Morgan fingerprint density at radius 1 is 1.14 bits per heavy atom. The minimum absolute atomic E-state index is 0.187. The maximum absolute atomic E-state index is 12.7. The first kappa shape index (κ1) is 16.2. The van der Waals surface area contributed by atoms with Gasteiger partial charge in [-0.1, -0.05) is 0 Å². The predicted octanol–water partition coefficient (Wildman–Crippen LogP) is 1.70. The average molecular weight is 311 g/mol. The Labute approximate surface area is 133 Å². The lowest BCUT2D eigenvalue weighted by molar-refractivity contribution is -0.145. The fourth-order valence-corrected chi connectivity index (χ4v) is 4.34. The molecule has 3 aliphatic rings. The number of rotatable bonds is 3. The standard InChI is InChI=1S/C17H29NO4/c1-20-12-15-13-22-11-6-17(15)4-7-18(8-5-17)16(19)14-2-9-21-10-3-14/h14-15H,2-13H2,1H3/t15-/m0/s1. The van der Waals surface area contributed by atoms with E-state index in [0.717, 1.165) is 78.2 Å². The molecular formula is C17H29NO4. The van der Waals surface area contributed by atoms with Crippen LogP contribution in [0.25, 0.3) is 0 Å². The lowest BCUT2D eigenvalue weighted by Gasteiger charge is -2.49. The number of piperidine rings is 1. The van der Waals surface area contributed by atoms with E-state index in [-0.39, 0.29) is 5.92 Å². The van der Waals surface area contributed by atoms with Crippen LogP contribution < -0.4 is 0 Å². The molecule has 3 heterocycles. The van der Waals surface area contributed by atoms with Crippen molar-refractivity contribution >= 4 is 5.91 Å². The monoisotopic (exact) mass is 311 g/mol. The van der Waals surface area contributed by atoms with Crippen molar-refractivity contribution in [3.8, 4) is 0 Å². The van der Waals surface area contributed by atoms with Gasteiger partial charge in [0.15, 0.2) is 0 Å². The quantitative estimate of drug-likeness (QED) is 0.796. The average Bonchev–Trinajstić information content (AvgIpc) is 2.58. The Kier molecular flexibility index (Phi) is 5.37. The molecule has 0 aromatic carbocycles. The summed E-state index contributed by atoms with van der Waals surface area (Å²) in [7, 11) is 1.77. The van der Waals surface area contributed by atoms with Gasteiger partial charge in [0.1, 0.15) is 0 Å². The van der Waals surface area contributed by atoms with Gasteiger partial charge >= 0.3 is 0 Å². The van der Waals surface area contributed by atoms with Crippen molar-refractivity contribution in [1.82, 2.24) is 4.90 Å². The molecule has 0 aliphatic carbocycles. The van der Waals surface area contributed by atoms with Crippen LogP contribution in [0.1, 0.15) is 32.1 Å². The van der Waals surface area contributed by atoms with E-state index >= 15 is 0 Å². The van der Waals surface area contributed by atoms with Gasteiger partial charge in [-0.25, -0.2) is 0 Å². The van der Waals surface area contributed by atoms with Crippen molar-refractivity contribution < 1.29 is 19.0 Å². The molecule has 0 aromatic heterocycles. The number of hydrogen-bond acceptors (Lipinski definition) is 4. The normalized spacial score (nSPS) is 29.7. The van der Waals surface area contributed by atoms with Crippen LogP contribution >= 0.6 is 0 Å². The molecule has 3 fully saturated rings. The number of ether oxygens (including phenoxy) is 3. The molecule has 0 unspecified atom stereocenters. The summed E-state index contributed by atoms with van der Waals surface area (Å²) in [5.74, 6) is 1.02. The molecule has 1 atom stereocenters. The predicted molar refractivity (Wildman–Crippen MR) is 82.6 cm³/mol. The van der Waals surface area contributed by atoms with Crippen LogP contribution in [0.4, 0.5) is 0 Å². The maximum Gasteiger partial charge on any atom is 0.225 e. The van der Waals surface area contributed by atoms with Crippen LogP contribution in [0, 0.1) is 17.3 Å². The summed E-state index contributed by atoms with van der Waals surface area (Å²) in [6.45, 7) is 5.71. The van der Waals surface area contributed by atoms with Crippen molar-refractivity contribution in [2.45, 2.75) is 32.1 Å². The molecule has 0 saturated carbocycles. The summed E-state index contributed by atoms with van der Waals surface area (Å²) in [5.41, 5.74) is 0.320. The highest BCUT2D eigenvalue weighted by Crippen LogP contribution is 2.45. The first-order chi connectivity index (χ1) is 10.7. The number of nitrogens with zero attached hydrogens (tertiary/aromatic N) is 1. The van der Waals surface area contributed by atoms with Gasteiger partial charge in [-0.2, -0.15) is 0 Å². The van der Waals surface area contributed by atoms with Gasteiger partial charge in [-0.05, 0) is 37.5 Å². The van der Waals surface area contributed by atoms with Gasteiger partial charge in [-0.15, -0.1) is 0 Å². The second-order valence-corrected chi connectivity index (χ2v) is 7.05. The summed E-state index contributed by atoms with van der Waals surface area (Å²) in [6.07, 6.45) is 5.08. The molecule has 22 heavy (non-hydrogen) atoms. The molecule has 0 aromatic rings. The van der Waals surface area contributed by atoms with E-state index in [0.29, 0.717) is 17.2 Å². The molecule has 1 spiro atoms. The van der Waals surface area contributed by atoms with Gasteiger partial charge in [0.2, 0.25) is 5.91 Å². The molecule has 0 N–H and O–H groups in total. The molecule has 0 radical (unpaired) electrons. The van der Waals surface area contributed by atoms with Crippen LogP contribution in [-0.4, -0.2) is 64.0 Å². The topological polar surface area (TPSA) is 48.0 Å². The summed E-state index contributed by atoms with van der Waals surface area (Å²) < 4.78 is 16.4. The van der Waals surface area contributed by atoms with E-state index in [1.807, 2.05) is 0 Å². The highest BCUT2D eigenvalue weighted by molar-refractivity contribution is 5.79. The van der Waals surface area contributed by atoms with Gasteiger partial charge in [-0.3, -0.25) is 4.79 Å². The van der Waals surface area contributed by atoms with E-state index in [4.69, 9.17) is 14.2 Å². The van der Waals surface area contributed by atoms with Crippen LogP contribution in [0.5, 0.6) is 0 Å². The SMILES string of the molecule is COC[C@H]1COCCC12CCN(C(=O)C1CCOCC1)CC2. The highest BCUT2D eigenvalue weighted by atomic mass is 16.5. The molecule has 3 saturated heterocycles. The molecular weight excluding hydrogens is 282 g/mol. The summed E-state index contributed by atoms with van der Waals surface area (Å²) >= 11 is 0. The molecule has 126 valence electrons. The summed E-state index contributed by atoms with van der Waals surface area (Å²) in [4.78, 5) is 14.8. The minimum atomic E-state index is 0.187. The highest BCUT2D eigenvalue weighted by Gasteiger charge is 2.44. The lowest BCUT2D eigenvalue weighted by Crippen LogP contribution is -2.51. The maximum atomic E-state index is 12.7. The van der Waals surface area contributed by atoms with Gasteiger partial charge in [0, 0.05) is 51.9 Å². The Morgan fingerprint density at radius 2 is 1.86 bits per heavy atom. The number of amides is 1. The molecule has 5 heteroatoms. The molecule has 3 aliphatic heterocycles. The zero-order valence-electron chi connectivity index (χ0n) is 13.7. The van der Waals surface area contributed by atoms with E-state index in [1.165, 1.54) is 0 Å². The first-order valence-electron chi connectivity index (χ1n) is 8.68. The second-order valence-electron chi connectivity index (χ2n) is 7.05. The van der Waals surface area contributed by atoms with Gasteiger partial charge in [0.05, 0.1) is 13.2 Å². The Bertz CT molecular complexity index is 371. The number of likely N-dealkylation sites (tertiary alicyclic amines) is 1. The van der Waals surface area contributed by atoms with Crippen molar-refractivity contribution in [3.05, 3.63) is 0 Å². The third kappa shape index (κ3) is 3.31. The number of carbonyl (C=O) groups excluding carboxylic acids is 1. The van der Waals surface area contributed by atoms with E-state index in [9.17, 15) is 4.79 Å². The molecule has 1 amide bonds. The fourth-order valence-electron chi connectivity index (χ4n) is 4.34. The van der Waals surface area contributed by atoms with E-state index in [2.05, 4.69) is 4.90 Å². The number of methoxy groups -OCH3 is 1. The summed E-state index contributed by atoms with van der Waals surface area (Å²) in [6, 6.07) is 0. The van der Waals surface area contributed by atoms with Crippen molar-refractivity contribution in [1.29, 1.82) is 0 Å². The largest absolute Gasteiger partial charge is 0.384 e. The molecule has 5 nitrogen and oxygen atoms in total. The fraction of sp³-hybridized carbons (Fsp3) is 0.941. The van der Waals surface area contributed by atoms with Crippen molar-refractivity contribution in [2.24, 2.45) is 17.3 Å².